The van der Waals surface area contributed by atoms with Crippen molar-refractivity contribution in [3.8, 4) is 0 Å². The summed E-state index contributed by atoms with van der Waals surface area (Å²) in [5.74, 6) is 0. The third-order valence-electron chi connectivity index (χ3n) is 4.18. The lowest BCUT2D eigenvalue weighted by atomic mass is 9.91. The van der Waals surface area contributed by atoms with Crippen LogP contribution >= 0.6 is 0 Å². The van der Waals surface area contributed by atoms with Crippen LogP contribution in [0.15, 0.2) is 24.3 Å². The first-order valence-corrected chi connectivity index (χ1v) is 7.56. The maximum absolute atomic E-state index is 11.5. The molecular formula is C17H20N2O4. The molecule has 2 heterocycles. The van der Waals surface area contributed by atoms with E-state index in [-0.39, 0.29) is 12.7 Å². The van der Waals surface area contributed by atoms with Crippen molar-refractivity contribution < 1.29 is 19.1 Å². The number of anilines is 1. The van der Waals surface area contributed by atoms with E-state index in [1.807, 2.05) is 49.7 Å². The minimum atomic E-state index is -0.639. The van der Waals surface area contributed by atoms with Crippen LogP contribution in [0.2, 0.25) is 0 Å². The SMILES string of the molecule is CNc1ccc2c(c1)cc(C(C)(C)C=O)n2C[C@@H]1COC(=O)O1. The monoisotopic (exact) mass is 316 g/mol. The number of aldehydes is 1. The lowest BCUT2D eigenvalue weighted by Gasteiger charge is -2.22. The molecule has 0 amide bonds. The zero-order valence-electron chi connectivity index (χ0n) is 13.5. The zero-order valence-corrected chi connectivity index (χ0v) is 13.5. The van der Waals surface area contributed by atoms with Gasteiger partial charge in [0.2, 0.25) is 0 Å². The van der Waals surface area contributed by atoms with Gasteiger partial charge in [-0.2, -0.15) is 0 Å². The molecule has 0 bridgehead atoms. The van der Waals surface area contributed by atoms with E-state index < -0.39 is 11.6 Å². The Morgan fingerprint density at radius 2 is 2.17 bits per heavy atom. The van der Waals surface area contributed by atoms with Crippen LogP contribution < -0.4 is 5.32 Å². The molecule has 0 aliphatic carbocycles. The fraction of sp³-hybridized carbons (Fsp3) is 0.412. The number of cyclic esters (lactones) is 2. The number of hydrogen-bond acceptors (Lipinski definition) is 5. The third-order valence-corrected chi connectivity index (χ3v) is 4.18. The molecule has 2 aromatic rings. The van der Waals surface area contributed by atoms with Crippen LogP contribution in [0, 0.1) is 0 Å². The maximum atomic E-state index is 11.5. The Balaban J connectivity index is 2.09. The Labute approximate surface area is 134 Å². The van der Waals surface area contributed by atoms with Crippen molar-refractivity contribution >= 4 is 29.0 Å². The Morgan fingerprint density at radius 3 is 2.78 bits per heavy atom. The average molecular weight is 316 g/mol. The van der Waals surface area contributed by atoms with Crippen LogP contribution in [0.3, 0.4) is 0 Å². The molecule has 0 saturated carbocycles. The quantitative estimate of drug-likeness (QED) is 0.678. The number of benzene rings is 1. The van der Waals surface area contributed by atoms with Crippen LogP contribution in [0.4, 0.5) is 10.5 Å². The molecule has 1 N–H and O–H groups in total. The smallest absolute Gasteiger partial charge is 0.430 e. The van der Waals surface area contributed by atoms with Crippen molar-refractivity contribution in [3.05, 3.63) is 30.0 Å². The van der Waals surface area contributed by atoms with Gasteiger partial charge in [-0.3, -0.25) is 0 Å². The first-order chi connectivity index (χ1) is 10.9. The first-order valence-electron chi connectivity index (χ1n) is 7.56. The summed E-state index contributed by atoms with van der Waals surface area (Å²) in [4.78, 5) is 22.7. The van der Waals surface area contributed by atoms with Gasteiger partial charge < -0.3 is 24.2 Å². The van der Waals surface area contributed by atoms with Gasteiger partial charge in [0, 0.05) is 29.3 Å². The molecule has 1 aromatic heterocycles. The molecule has 122 valence electrons. The second kappa shape index (κ2) is 5.61. The van der Waals surface area contributed by atoms with Crippen molar-refractivity contribution in [1.29, 1.82) is 0 Å². The van der Waals surface area contributed by atoms with Gasteiger partial charge in [0.1, 0.15) is 12.9 Å². The minimum absolute atomic E-state index is 0.230. The Hall–Kier alpha value is -2.50. The highest BCUT2D eigenvalue weighted by Gasteiger charge is 2.30. The Bertz CT molecular complexity index is 763. The summed E-state index contributed by atoms with van der Waals surface area (Å²) in [5, 5.41) is 4.15. The number of nitrogens with one attached hydrogen (secondary N) is 1. The maximum Gasteiger partial charge on any atom is 0.508 e. The van der Waals surface area contributed by atoms with E-state index in [0.717, 1.165) is 28.6 Å². The van der Waals surface area contributed by atoms with E-state index in [2.05, 4.69) is 5.32 Å². The van der Waals surface area contributed by atoms with Crippen LogP contribution in [0.25, 0.3) is 10.9 Å². The number of hydrogen-bond donors (Lipinski definition) is 1. The number of fused-ring (bicyclic) bond motifs is 1. The summed E-state index contributed by atoms with van der Waals surface area (Å²) in [6.45, 7) is 4.44. The first kappa shape index (κ1) is 15.4. The lowest BCUT2D eigenvalue weighted by molar-refractivity contribution is -0.111. The van der Waals surface area contributed by atoms with E-state index in [0.29, 0.717) is 6.54 Å². The van der Waals surface area contributed by atoms with E-state index in [1.54, 1.807) is 0 Å². The van der Waals surface area contributed by atoms with Gasteiger partial charge >= 0.3 is 6.16 Å². The van der Waals surface area contributed by atoms with E-state index in [9.17, 15) is 9.59 Å². The summed E-state index contributed by atoms with van der Waals surface area (Å²) in [5.41, 5.74) is 2.25. The number of aromatic nitrogens is 1. The molecule has 6 heteroatoms. The highest BCUT2D eigenvalue weighted by Crippen LogP contribution is 2.31. The normalized spacial score (nSPS) is 17.9. The van der Waals surface area contributed by atoms with Gasteiger partial charge in [-0.15, -0.1) is 0 Å². The predicted octanol–water partition coefficient (Wildman–Crippen LogP) is 2.69. The number of ether oxygens (including phenoxy) is 2. The van der Waals surface area contributed by atoms with Crippen molar-refractivity contribution in [3.63, 3.8) is 0 Å². The molecule has 1 aromatic carbocycles. The van der Waals surface area contributed by atoms with Gasteiger partial charge in [0.15, 0.2) is 6.10 Å². The van der Waals surface area contributed by atoms with E-state index in [4.69, 9.17) is 9.47 Å². The standard InChI is InChI=1S/C17H20N2O4/c1-17(2,10-20)15-7-11-6-12(18-3)4-5-14(11)19(15)8-13-9-22-16(21)23-13/h4-7,10,13,18H,8-9H2,1-3H3/t13-/m1/s1. The van der Waals surface area contributed by atoms with E-state index in [1.165, 1.54) is 0 Å². The zero-order chi connectivity index (χ0) is 16.6. The van der Waals surface area contributed by atoms with Crippen LogP contribution in [0.5, 0.6) is 0 Å². The molecule has 1 aliphatic rings. The van der Waals surface area contributed by atoms with Gasteiger partial charge in [-0.05, 0) is 38.1 Å². The summed E-state index contributed by atoms with van der Waals surface area (Å²) in [6.07, 6.45) is -0.0446. The predicted molar refractivity (Wildman–Crippen MR) is 86.8 cm³/mol. The average Bonchev–Trinajstić information content (AvgIpc) is 3.11. The topological polar surface area (TPSA) is 69.6 Å². The van der Waals surface area contributed by atoms with Crippen molar-refractivity contribution in [1.82, 2.24) is 4.57 Å². The molecule has 1 aliphatic heterocycles. The number of carbonyl (C=O) groups is 2. The number of rotatable bonds is 5. The molecule has 3 rings (SSSR count). The molecule has 0 unspecified atom stereocenters. The van der Waals surface area contributed by atoms with Crippen LogP contribution in [-0.4, -0.2) is 36.8 Å². The molecule has 23 heavy (non-hydrogen) atoms. The lowest BCUT2D eigenvalue weighted by Crippen LogP contribution is -2.27. The number of nitrogens with zero attached hydrogens (tertiary/aromatic N) is 1. The molecule has 6 nitrogen and oxygen atoms in total. The fourth-order valence-corrected chi connectivity index (χ4v) is 2.88. The third kappa shape index (κ3) is 2.76. The molecule has 0 spiro atoms. The van der Waals surface area contributed by atoms with E-state index >= 15 is 0 Å². The molecule has 1 atom stereocenters. The fourth-order valence-electron chi connectivity index (χ4n) is 2.88. The van der Waals surface area contributed by atoms with Gasteiger partial charge in [0.25, 0.3) is 0 Å². The second-order valence-corrected chi connectivity index (χ2v) is 6.30. The Kier molecular flexibility index (Phi) is 3.75. The van der Waals surface area contributed by atoms with Gasteiger partial charge in [-0.25, -0.2) is 4.79 Å². The van der Waals surface area contributed by atoms with Crippen LogP contribution in [0.1, 0.15) is 19.5 Å². The van der Waals surface area contributed by atoms with Gasteiger partial charge in [-0.1, -0.05) is 0 Å². The summed E-state index contributed by atoms with van der Waals surface area (Å²) in [6, 6.07) is 8.03. The number of carbonyl (C=O) groups excluding carboxylic acids is 2. The highest BCUT2D eigenvalue weighted by atomic mass is 16.8. The van der Waals surface area contributed by atoms with Crippen molar-refractivity contribution in [2.45, 2.75) is 31.9 Å². The van der Waals surface area contributed by atoms with Gasteiger partial charge in [0.05, 0.1) is 12.0 Å². The minimum Gasteiger partial charge on any atom is -0.430 e. The highest BCUT2D eigenvalue weighted by molar-refractivity contribution is 5.86. The van der Waals surface area contributed by atoms with Crippen LogP contribution in [-0.2, 0) is 26.2 Å². The molecule has 0 radical (unpaired) electrons. The molecule has 1 saturated heterocycles. The van der Waals surface area contributed by atoms with Crippen molar-refractivity contribution in [2.75, 3.05) is 19.0 Å². The molecular weight excluding hydrogens is 296 g/mol. The second-order valence-electron chi connectivity index (χ2n) is 6.30. The van der Waals surface area contributed by atoms with Crippen molar-refractivity contribution in [2.24, 2.45) is 0 Å². The summed E-state index contributed by atoms with van der Waals surface area (Å²) >= 11 is 0. The summed E-state index contributed by atoms with van der Waals surface area (Å²) in [7, 11) is 1.86. The summed E-state index contributed by atoms with van der Waals surface area (Å²) < 4.78 is 12.0. The Morgan fingerprint density at radius 1 is 1.39 bits per heavy atom. The largest absolute Gasteiger partial charge is 0.508 e. The molecule has 1 fully saturated rings.